The number of benzene rings is 1. The molecule has 0 unspecified atom stereocenters. The zero-order valence-corrected chi connectivity index (χ0v) is 15.4. The maximum Gasteiger partial charge on any atom is 0.308 e. The number of ether oxygens (including phenoxy) is 1. The molecule has 1 N–H and O–H groups in total. The monoisotopic (exact) mass is 435 g/mol. The molecule has 1 aliphatic rings. The van der Waals surface area contributed by atoms with Crippen LogP contribution in [0.15, 0.2) is 42.5 Å². The van der Waals surface area contributed by atoms with Gasteiger partial charge in [0.2, 0.25) is 0 Å². The van der Waals surface area contributed by atoms with Gasteiger partial charge < -0.3 is 4.74 Å². The van der Waals surface area contributed by atoms with E-state index in [2.05, 4.69) is 0 Å². The molecule has 2 amide bonds. The summed E-state index contributed by atoms with van der Waals surface area (Å²) in [5.74, 6) is -0.351. The fraction of sp³-hybridized carbons (Fsp3) is 0.0833. The summed E-state index contributed by atoms with van der Waals surface area (Å²) in [4.78, 5) is 30.5. The summed E-state index contributed by atoms with van der Waals surface area (Å²) in [5.41, 5.74) is 0. The van der Waals surface area contributed by atoms with Gasteiger partial charge in [-0.3, -0.25) is 19.7 Å². The third-order valence-electron chi connectivity index (χ3n) is 1.64. The van der Waals surface area contributed by atoms with Crippen LogP contribution in [0.4, 0.5) is 0 Å². The van der Waals surface area contributed by atoms with Crippen LogP contribution < -0.4 is 10.1 Å². The Morgan fingerprint density at radius 3 is 1.89 bits per heavy atom. The third-order valence-corrected chi connectivity index (χ3v) is 1.64. The first-order chi connectivity index (χ1) is 8.08. The molecule has 18 heavy (non-hydrogen) atoms. The summed E-state index contributed by atoms with van der Waals surface area (Å²) in [5, 5.41) is 2.03. The van der Waals surface area contributed by atoms with Gasteiger partial charge in [-0.2, -0.15) is 0 Å². The van der Waals surface area contributed by atoms with E-state index in [1.54, 1.807) is 12.1 Å². The van der Waals surface area contributed by atoms with Gasteiger partial charge in [0.05, 0.1) is 0 Å². The molecular formula is C12H11HgNO4. The van der Waals surface area contributed by atoms with Crippen LogP contribution in [0, 0.1) is 0 Å². The van der Waals surface area contributed by atoms with E-state index in [4.69, 9.17) is 4.74 Å². The van der Waals surface area contributed by atoms with E-state index in [-0.39, 0.29) is 45.5 Å². The number of amides is 2. The number of nitrogens with one attached hydrogen (secondary N) is 1. The van der Waals surface area contributed by atoms with Crippen molar-refractivity contribution in [3.05, 3.63) is 42.5 Å². The zero-order valence-electron chi connectivity index (χ0n) is 9.88. The molecule has 0 aliphatic carbocycles. The second kappa shape index (κ2) is 8.57. The minimum Gasteiger partial charge on any atom is -0.427 e. The van der Waals surface area contributed by atoms with E-state index in [9.17, 15) is 14.4 Å². The maximum absolute atomic E-state index is 10.4. The van der Waals surface area contributed by atoms with Crippen molar-refractivity contribution in [2.24, 2.45) is 0 Å². The Balaban J connectivity index is 0.000000321. The van der Waals surface area contributed by atoms with E-state index in [0.717, 1.165) is 0 Å². The molecule has 0 radical (unpaired) electrons. The van der Waals surface area contributed by atoms with Crippen LogP contribution in [0.1, 0.15) is 6.92 Å². The largest absolute Gasteiger partial charge is 0.427 e. The predicted octanol–water partition coefficient (Wildman–Crippen LogP) is 0.808. The molecule has 2 rings (SSSR count). The van der Waals surface area contributed by atoms with Crippen LogP contribution in [-0.4, -0.2) is 17.8 Å². The van der Waals surface area contributed by atoms with Crippen molar-refractivity contribution in [3.63, 3.8) is 0 Å². The van der Waals surface area contributed by atoms with Crippen LogP contribution in [0.25, 0.3) is 0 Å². The Morgan fingerprint density at radius 2 is 1.56 bits per heavy atom. The first kappa shape index (κ1) is 16.5. The maximum atomic E-state index is 10.4. The van der Waals surface area contributed by atoms with Crippen molar-refractivity contribution in [2.75, 3.05) is 0 Å². The molecule has 0 bridgehead atoms. The van der Waals surface area contributed by atoms with E-state index >= 15 is 0 Å². The van der Waals surface area contributed by atoms with E-state index in [0.29, 0.717) is 5.75 Å². The molecule has 1 aromatic carbocycles. The predicted molar refractivity (Wildman–Crippen MR) is 60.0 cm³/mol. The van der Waals surface area contributed by atoms with Crippen LogP contribution in [0.5, 0.6) is 5.75 Å². The van der Waals surface area contributed by atoms with Crippen LogP contribution in [0.2, 0.25) is 0 Å². The number of hydrogen-bond donors (Lipinski definition) is 1. The number of carbonyl (C=O) groups excluding carboxylic acids is 3. The van der Waals surface area contributed by atoms with E-state index in [1.165, 1.54) is 19.1 Å². The van der Waals surface area contributed by atoms with Gasteiger partial charge in [0.25, 0.3) is 11.8 Å². The van der Waals surface area contributed by atoms with Crippen molar-refractivity contribution in [1.82, 2.24) is 5.32 Å². The Hall–Kier alpha value is -1.49. The quantitative estimate of drug-likeness (QED) is 0.308. The first-order valence-corrected chi connectivity index (χ1v) is 4.84. The Kier molecular flexibility index (Phi) is 7.86. The minimum atomic E-state index is -0.329. The van der Waals surface area contributed by atoms with Crippen molar-refractivity contribution in [3.8, 4) is 5.75 Å². The number of carbonyl (C=O) groups is 3. The molecule has 1 heterocycles. The molecule has 0 fully saturated rings. The number of para-hydroxylation sites is 1. The standard InChI is InChI=1S/C8H8O2.C4H3NO2.Hg/c1-7(9)10-8-5-3-2-4-6-8;6-3-1-2-4(7)5-3;/h2-6H,1H3;1-2H,(H,5,6,7);. The summed E-state index contributed by atoms with van der Waals surface area (Å²) in [6.45, 7) is 1.38. The van der Waals surface area contributed by atoms with Gasteiger partial charge in [-0.05, 0) is 12.1 Å². The Labute approximate surface area is 125 Å². The average molecular weight is 434 g/mol. The van der Waals surface area contributed by atoms with Crippen molar-refractivity contribution >= 4 is 17.8 Å². The normalized spacial score (nSPS) is 11.8. The van der Waals surface area contributed by atoms with Gasteiger partial charge in [0, 0.05) is 46.7 Å². The SMILES string of the molecule is CC(=O)Oc1ccccc1.O=C1C=CC(=O)N1.[Hg]. The summed E-state index contributed by atoms with van der Waals surface area (Å²) in [7, 11) is 0. The molecule has 0 atom stereocenters. The summed E-state index contributed by atoms with van der Waals surface area (Å²) in [6.07, 6.45) is 2.39. The zero-order chi connectivity index (χ0) is 12.7. The smallest absolute Gasteiger partial charge is 0.308 e. The fourth-order valence-electron chi connectivity index (χ4n) is 1.01. The van der Waals surface area contributed by atoms with Gasteiger partial charge >= 0.3 is 5.97 Å². The number of esters is 1. The molecular weight excluding hydrogens is 423 g/mol. The molecule has 6 heteroatoms. The molecule has 1 aromatic rings. The second-order valence-corrected chi connectivity index (χ2v) is 3.09. The number of rotatable bonds is 1. The van der Waals surface area contributed by atoms with Gasteiger partial charge in [0.1, 0.15) is 5.75 Å². The molecule has 90 valence electrons. The minimum absolute atomic E-state index is 0. The van der Waals surface area contributed by atoms with Crippen molar-refractivity contribution < 1.29 is 46.8 Å². The fourth-order valence-corrected chi connectivity index (χ4v) is 1.01. The van der Waals surface area contributed by atoms with Gasteiger partial charge in [0.15, 0.2) is 0 Å². The molecule has 0 saturated heterocycles. The van der Waals surface area contributed by atoms with Crippen LogP contribution >= 0.6 is 0 Å². The molecule has 5 nitrogen and oxygen atoms in total. The Bertz CT molecular complexity index is 440. The van der Waals surface area contributed by atoms with Crippen molar-refractivity contribution in [2.45, 2.75) is 6.92 Å². The van der Waals surface area contributed by atoms with Crippen LogP contribution in [-0.2, 0) is 42.1 Å². The van der Waals surface area contributed by atoms with Crippen molar-refractivity contribution in [1.29, 1.82) is 0 Å². The molecule has 0 saturated carbocycles. The molecule has 0 spiro atoms. The number of hydrogen-bond acceptors (Lipinski definition) is 4. The van der Waals surface area contributed by atoms with E-state index < -0.39 is 0 Å². The van der Waals surface area contributed by atoms with Gasteiger partial charge in [-0.1, -0.05) is 18.2 Å². The van der Waals surface area contributed by atoms with E-state index in [1.807, 2.05) is 23.5 Å². The topological polar surface area (TPSA) is 72.5 Å². The van der Waals surface area contributed by atoms with Gasteiger partial charge in [-0.25, -0.2) is 0 Å². The van der Waals surface area contributed by atoms with Gasteiger partial charge in [-0.15, -0.1) is 0 Å². The summed E-state index contributed by atoms with van der Waals surface area (Å²) < 4.78 is 4.78. The second-order valence-electron chi connectivity index (χ2n) is 3.09. The number of imide groups is 1. The Morgan fingerprint density at radius 1 is 1.06 bits per heavy atom. The third kappa shape index (κ3) is 6.95. The average Bonchev–Trinajstić information content (AvgIpc) is 2.64. The molecule has 0 aromatic heterocycles. The summed E-state index contributed by atoms with van der Waals surface area (Å²) >= 11 is 0. The summed E-state index contributed by atoms with van der Waals surface area (Å²) in [6, 6.07) is 8.98. The first-order valence-electron chi connectivity index (χ1n) is 4.84. The van der Waals surface area contributed by atoms with Crippen LogP contribution in [0.3, 0.4) is 0 Å². The molecule has 1 aliphatic heterocycles.